The molecule has 2 unspecified atom stereocenters. The Morgan fingerprint density at radius 2 is 1.68 bits per heavy atom. The smallest absolute Gasteiger partial charge is 0.407 e. The van der Waals surface area contributed by atoms with E-state index in [2.05, 4.69) is 22.4 Å². The van der Waals surface area contributed by atoms with Crippen molar-refractivity contribution in [3.63, 3.8) is 0 Å². The van der Waals surface area contributed by atoms with Gasteiger partial charge in [0.25, 0.3) is 0 Å². The van der Waals surface area contributed by atoms with Gasteiger partial charge < -0.3 is 20.1 Å². The molecule has 3 aromatic rings. The monoisotopic (exact) mass is 515 g/mol. The minimum atomic E-state index is -1.12. The minimum Gasteiger partial charge on any atom is -0.480 e. The van der Waals surface area contributed by atoms with Crippen molar-refractivity contribution in [2.24, 2.45) is 0 Å². The van der Waals surface area contributed by atoms with E-state index >= 15 is 0 Å². The van der Waals surface area contributed by atoms with E-state index in [0.29, 0.717) is 18.4 Å². The lowest BCUT2D eigenvalue weighted by Crippen LogP contribution is -2.53. The fourth-order valence-electron chi connectivity index (χ4n) is 4.98. The van der Waals surface area contributed by atoms with Crippen molar-refractivity contribution < 1.29 is 24.2 Å². The van der Waals surface area contributed by atoms with Crippen molar-refractivity contribution in [1.29, 1.82) is 0 Å². The number of fused-ring (bicyclic) bond motifs is 3. The summed E-state index contributed by atoms with van der Waals surface area (Å²) in [7, 11) is 1.45. The molecule has 2 N–H and O–H groups in total. The van der Waals surface area contributed by atoms with Gasteiger partial charge >= 0.3 is 12.1 Å². The lowest BCUT2D eigenvalue weighted by Gasteiger charge is -2.29. The number of nitrogens with zero attached hydrogens (tertiary/aromatic N) is 2. The molecule has 0 saturated heterocycles. The summed E-state index contributed by atoms with van der Waals surface area (Å²) in [5, 5.41) is 12.5. The molecule has 2 amide bonds. The number of carboxylic acid groups (broad SMARTS) is 1. The highest BCUT2D eigenvalue weighted by Crippen LogP contribution is 2.44. The molecule has 1 aromatic heterocycles. The lowest BCUT2D eigenvalue weighted by atomic mass is 9.98. The van der Waals surface area contributed by atoms with Crippen LogP contribution in [0.1, 0.15) is 48.8 Å². The Bertz CT molecular complexity index is 1230. The van der Waals surface area contributed by atoms with Gasteiger partial charge in [-0.15, -0.1) is 0 Å². The van der Waals surface area contributed by atoms with Gasteiger partial charge in [-0.1, -0.05) is 74.4 Å². The summed E-state index contributed by atoms with van der Waals surface area (Å²) in [6, 6.07) is 17.6. The van der Waals surface area contributed by atoms with Gasteiger partial charge in [0, 0.05) is 31.8 Å². The Morgan fingerprint density at radius 1 is 1.03 bits per heavy atom. The van der Waals surface area contributed by atoms with Crippen LogP contribution in [0.15, 0.2) is 73.1 Å². The maximum atomic E-state index is 13.4. The second-order valence-electron chi connectivity index (χ2n) is 9.53. The Morgan fingerprint density at radius 3 is 2.26 bits per heavy atom. The molecule has 0 aliphatic heterocycles. The third kappa shape index (κ3) is 6.02. The zero-order chi connectivity index (χ0) is 27.1. The molecule has 2 aromatic carbocycles. The van der Waals surface area contributed by atoms with E-state index in [1.54, 1.807) is 24.5 Å². The highest BCUT2D eigenvalue weighted by Gasteiger charge is 2.33. The number of aromatic nitrogens is 1. The summed E-state index contributed by atoms with van der Waals surface area (Å²) in [5.41, 5.74) is 5.15. The number of carbonyl (C=O) groups is 3. The number of nitrogens with one attached hydrogen (secondary N) is 1. The van der Waals surface area contributed by atoms with Crippen molar-refractivity contribution in [3.05, 3.63) is 89.7 Å². The highest BCUT2D eigenvalue weighted by atomic mass is 16.5. The Labute approximate surface area is 222 Å². The van der Waals surface area contributed by atoms with Crippen molar-refractivity contribution in [3.8, 4) is 11.1 Å². The predicted molar refractivity (Wildman–Crippen MR) is 144 cm³/mol. The molecule has 1 aliphatic carbocycles. The molecule has 0 bridgehead atoms. The van der Waals surface area contributed by atoms with Crippen LogP contribution < -0.4 is 5.32 Å². The summed E-state index contributed by atoms with van der Waals surface area (Å²) in [6.07, 6.45) is 4.48. The van der Waals surface area contributed by atoms with Gasteiger partial charge in [0.1, 0.15) is 18.7 Å². The first kappa shape index (κ1) is 26.9. The van der Waals surface area contributed by atoms with Gasteiger partial charge in [0.05, 0.1) is 0 Å². The number of alkyl carbamates (subject to hydrolysis) is 1. The van der Waals surface area contributed by atoms with E-state index in [0.717, 1.165) is 28.7 Å². The maximum Gasteiger partial charge on any atom is 0.407 e. The third-order valence-electron chi connectivity index (χ3n) is 7.03. The van der Waals surface area contributed by atoms with Crippen molar-refractivity contribution >= 4 is 18.0 Å². The topological polar surface area (TPSA) is 109 Å². The Kier molecular flexibility index (Phi) is 8.73. The van der Waals surface area contributed by atoms with Crippen molar-refractivity contribution in [2.45, 2.75) is 50.6 Å². The first-order valence-corrected chi connectivity index (χ1v) is 12.9. The Hall–Kier alpha value is -4.20. The quantitative estimate of drug-likeness (QED) is 0.385. The second kappa shape index (κ2) is 12.4. The van der Waals surface area contributed by atoms with Gasteiger partial charge in [-0.05, 0) is 40.3 Å². The molecular weight excluding hydrogens is 482 g/mol. The molecule has 2 atom stereocenters. The number of aliphatic carboxylic acids is 1. The van der Waals surface area contributed by atoms with E-state index in [1.807, 2.05) is 43.3 Å². The summed E-state index contributed by atoms with van der Waals surface area (Å²) in [4.78, 5) is 43.5. The number of carbonyl (C=O) groups excluding carboxylic acids is 2. The molecule has 38 heavy (non-hydrogen) atoms. The summed E-state index contributed by atoms with van der Waals surface area (Å²) in [5.74, 6) is -1.69. The maximum absolute atomic E-state index is 13.4. The number of benzene rings is 2. The number of carboxylic acids is 1. The number of unbranched alkanes of at least 4 members (excludes halogenated alkanes) is 1. The third-order valence-corrected chi connectivity index (χ3v) is 7.03. The van der Waals surface area contributed by atoms with Gasteiger partial charge in [0.15, 0.2) is 0 Å². The van der Waals surface area contributed by atoms with Gasteiger partial charge in [0.2, 0.25) is 5.91 Å². The number of amides is 2. The summed E-state index contributed by atoms with van der Waals surface area (Å²) >= 11 is 0. The summed E-state index contributed by atoms with van der Waals surface area (Å²) < 4.78 is 5.64. The molecule has 0 radical (unpaired) electrons. The highest BCUT2D eigenvalue weighted by molar-refractivity contribution is 5.89. The van der Waals surface area contributed by atoms with Gasteiger partial charge in [-0.2, -0.15) is 0 Å². The average Bonchev–Trinajstić information content (AvgIpc) is 3.26. The average molecular weight is 516 g/mol. The standard InChI is InChI=1S/C30H33N3O5/c1-3-4-15-26(28(34)33(2)27(29(35)36)17-20-10-9-16-31-18-20)32-30(37)38-19-25-23-13-7-5-11-21(23)22-12-6-8-14-24(22)25/h5-14,16,18,25-27H,3-4,15,17,19H2,1-2H3,(H,32,37)(H,35,36). The predicted octanol–water partition coefficient (Wildman–Crippen LogP) is 4.63. The van der Waals surface area contributed by atoms with E-state index in [4.69, 9.17) is 4.74 Å². The van der Waals surface area contributed by atoms with Gasteiger partial charge in [-0.25, -0.2) is 9.59 Å². The zero-order valence-corrected chi connectivity index (χ0v) is 21.7. The largest absolute Gasteiger partial charge is 0.480 e. The summed E-state index contributed by atoms with van der Waals surface area (Å²) in [6.45, 7) is 2.12. The van der Waals surface area contributed by atoms with Crippen LogP contribution >= 0.6 is 0 Å². The SMILES string of the molecule is CCCCC(NC(=O)OCC1c2ccccc2-c2ccccc21)C(=O)N(C)C(Cc1cccnc1)C(=O)O. The molecule has 1 heterocycles. The van der Waals surface area contributed by atoms with Crippen LogP contribution in [0.2, 0.25) is 0 Å². The number of ether oxygens (including phenoxy) is 1. The molecular formula is C30H33N3O5. The fourth-order valence-corrected chi connectivity index (χ4v) is 4.98. The van der Waals surface area contributed by atoms with Crippen LogP contribution in [0, 0.1) is 0 Å². The molecule has 198 valence electrons. The van der Waals surface area contributed by atoms with Crippen LogP contribution in [0.25, 0.3) is 11.1 Å². The first-order chi connectivity index (χ1) is 18.4. The van der Waals surface area contributed by atoms with E-state index < -0.39 is 30.1 Å². The molecule has 0 spiro atoms. The number of hydrogen-bond acceptors (Lipinski definition) is 5. The van der Waals surface area contributed by atoms with Crippen molar-refractivity contribution in [1.82, 2.24) is 15.2 Å². The van der Waals surface area contributed by atoms with Crippen LogP contribution in [0.3, 0.4) is 0 Å². The van der Waals surface area contributed by atoms with E-state index in [9.17, 15) is 19.5 Å². The Balaban J connectivity index is 1.43. The van der Waals surface area contributed by atoms with E-state index in [1.165, 1.54) is 11.9 Å². The van der Waals surface area contributed by atoms with Crippen LogP contribution in [-0.2, 0) is 20.7 Å². The van der Waals surface area contributed by atoms with E-state index in [-0.39, 0.29) is 18.9 Å². The molecule has 4 rings (SSSR count). The van der Waals surface area contributed by atoms with Crippen LogP contribution in [-0.4, -0.2) is 58.7 Å². The molecule has 0 saturated carbocycles. The number of pyridine rings is 1. The normalized spacial score (nSPS) is 13.6. The zero-order valence-electron chi connectivity index (χ0n) is 21.7. The number of rotatable bonds is 11. The number of hydrogen-bond donors (Lipinski definition) is 2. The molecule has 8 nitrogen and oxygen atoms in total. The van der Waals surface area contributed by atoms with Crippen molar-refractivity contribution in [2.75, 3.05) is 13.7 Å². The lowest BCUT2D eigenvalue weighted by molar-refractivity contribution is -0.149. The number of likely N-dealkylation sites (N-methyl/N-ethyl adjacent to an activating group) is 1. The molecule has 8 heteroatoms. The van der Waals surface area contributed by atoms with Crippen LogP contribution in [0.5, 0.6) is 0 Å². The minimum absolute atomic E-state index is 0.100. The first-order valence-electron chi connectivity index (χ1n) is 12.9. The van der Waals surface area contributed by atoms with Gasteiger partial charge in [-0.3, -0.25) is 9.78 Å². The van der Waals surface area contributed by atoms with Crippen LogP contribution in [0.4, 0.5) is 4.79 Å². The molecule has 1 aliphatic rings. The fraction of sp³-hybridized carbons (Fsp3) is 0.333. The second-order valence-corrected chi connectivity index (χ2v) is 9.53. The molecule has 0 fully saturated rings.